The first kappa shape index (κ1) is 18.9. The van der Waals surface area contributed by atoms with E-state index in [9.17, 15) is 9.59 Å². The van der Waals surface area contributed by atoms with E-state index in [1.54, 1.807) is 11.8 Å². The minimum atomic E-state index is -0.972. The van der Waals surface area contributed by atoms with E-state index in [1.165, 1.54) is 6.92 Å². The maximum Gasteiger partial charge on any atom is 0.235 e. The Hall–Kier alpha value is -0.0900. The molecule has 0 spiro atoms. The molecule has 0 saturated carbocycles. The zero-order valence-corrected chi connectivity index (χ0v) is 13.2. The molecule has 9 heteroatoms. The van der Waals surface area contributed by atoms with E-state index >= 15 is 0 Å². The number of thioether (sulfide) groups is 1. The molecule has 19 heavy (non-hydrogen) atoms. The highest BCUT2D eigenvalue weighted by Gasteiger charge is 2.20. The van der Waals surface area contributed by atoms with Crippen LogP contribution in [-0.2, 0) is 9.59 Å². The van der Waals surface area contributed by atoms with Crippen LogP contribution in [0.1, 0.15) is 6.92 Å². The van der Waals surface area contributed by atoms with E-state index in [0.717, 1.165) is 17.7 Å². The predicted molar refractivity (Wildman–Crippen MR) is 82.5 cm³/mol. The molecule has 0 aliphatic rings. The average Bonchev–Trinajstić information content (AvgIpc) is 2.39. The fourth-order valence-corrected chi connectivity index (χ4v) is 3.08. The molecule has 4 N–H and O–H groups in total. The van der Waals surface area contributed by atoms with Crippen molar-refractivity contribution in [1.29, 1.82) is 0 Å². The molecule has 2 atom stereocenters. The van der Waals surface area contributed by atoms with Crippen LogP contribution >= 0.6 is 36.3 Å². The van der Waals surface area contributed by atoms with E-state index in [1.807, 2.05) is 0 Å². The van der Waals surface area contributed by atoms with Gasteiger partial charge in [-0.1, -0.05) is 0 Å². The summed E-state index contributed by atoms with van der Waals surface area (Å²) >= 11 is 6.69. The summed E-state index contributed by atoms with van der Waals surface area (Å²) in [6, 6.07) is 0. The van der Waals surface area contributed by atoms with Crippen LogP contribution in [0.4, 0.5) is 0 Å². The van der Waals surface area contributed by atoms with Gasteiger partial charge in [-0.2, -0.15) is 24.4 Å². The molecule has 0 aromatic carbocycles. The van der Waals surface area contributed by atoms with Crippen molar-refractivity contribution in [1.82, 2.24) is 10.0 Å². The van der Waals surface area contributed by atoms with Gasteiger partial charge >= 0.3 is 0 Å². The Morgan fingerprint density at radius 1 is 1.42 bits per heavy atom. The molecule has 0 bridgehead atoms. The smallest absolute Gasteiger partial charge is 0.235 e. The number of hydrogen-bond acceptors (Lipinski definition) is 7. The van der Waals surface area contributed by atoms with Crippen molar-refractivity contribution in [2.75, 3.05) is 30.4 Å². The monoisotopic (exact) mass is 328 g/mol. The third kappa shape index (κ3) is 10.4. The Bertz CT molecular complexity index is 282. The van der Waals surface area contributed by atoms with Crippen LogP contribution in [0, 0.1) is 0 Å². The molecule has 0 aliphatic heterocycles. The van der Waals surface area contributed by atoms with E-state index < -0.39 is 18.0 Å². The number of carbonyl (C=O) groups is 2. The van der Waals surface area contributed by atoms with Gasteiger partial charge in [0.2, 0.25) is 11.8 Å². The number of amides is 2. The van der Waals surface area contributed by atoms with Crippen molar-refractivity contribution in [3.8, 4) is 0 Å². The van der Waals surface area contributed by atoms with E-state index in [-0.39, 0.29) is 18.4 Å². The predicted octanol–water partition coefficient (Wildman–Crippen LogP) is -0.728. The van der Waals surface area contributed by atoms with Crippen molar-refractivity contribution in [2.24, 2.45) is 0 Å². The molecule has 0 aromatic rings. The highest BCUT2D eigenvalue weighted by molar-refractivity contribution is 8.03. The second kappa shape index (κ2) is 11.7. The third-order valence-electron chi connectivity index (χ3n) is 1.86. The Kier molecular flexibility index (Phi) is 11.7. The van der Waals surface area contributed by atoms with Crippen molar-refractivity contribution < 1.29 is 19.8 Å². The minimum Gasteiger partial charge on any atom is -0.394 e. The van der Waals surface area contributed by atoms with Gasteiger partial charge < -0.3 is 15.5 Å². The largest absolute Gasteiger partial charge is 0.394 e. The number of nitrogens with one attached hydrogen (secondary N) is 2. The van der Waals surface area contributed by atoms with Gasteiger partial charge in [-0.15, -0.1) is 0 Å². The summed E-state index contributed by atoms with van der Waals surface area (Å²) in [6.45, 7) is 0.959. The first-order chi connectivity index (χ1) is 9.01. The summed E-state index contributed by atoms with van der Waals surface area (Å²) in [7, 11) is 0. The molecule has 2 unspecified atom stereocenters. The second-order valence-corrected chi connectivity index (χ2v) is 6.25. The lowest BCUT2D eigenvalue weighted by molar-refractivity contribution is -0.120. The number of aliphatic hydroxyl groups is 2. The molecule has 0 saturated heterocycles. The Morgan fingerprint density at radius 3 is 2.63 bits per heavy atom. The van der Waals surface area contributed by atoms with Gasteiger partial charge in [0, 0.05) is 25.0 Å². The second-order valence-electron chi connectivity index (χ2n) is 3.64. The van der Waals surface area contributed by atoms with Gasteiger partial charge in [0.05, 0.1) is 12.7 Å². The highest BCUT2D eigenvalue weighted by Crippen LogP contribution is 2.14. The Morgan fingerprint density at radius 2 is 2.11 bits per heavy atom. The number of rotatable bonds is 10. The lowest BCUT2D eigenvalue weighted by atomic mass is 10.3. The third-order valence-corrected chi connectivity index (χ3v) is 4.73. The Balaban J connectivity index is 4.19. The standard InChI is InChI=1S/C10H20N2O4S3/c1-7(14)12-19-9(6-18-3-2-17)10(16)11-4-8(15)5-13/h8-9,13,15,17H,2-6H2,1H3,(H,11,16)(H,12,14). The zero-order chi connectivity index (χ0) is 14.7. The summed E-state index contributed by atoms with van der Waals surface area (Å²) in [5.41, 5.74) is 0. The lowest BCUT2D eigenvalue weighted by Crippen LogP contribution is -2.41. The maximum atomic E-state index is 11.9. The molecular weight excluding hydrogens is 308 g/mol. The molecule has 0 rings (SSSR count). The van der Waals surface area contributed by atoms with Crippen molar-refractivity contribution in [2.45, 2.75) is 18.3 Å². The summed E-state index contributed by atoms with van der Waals surface area (Å²) in [6.07, 6.45) is -0.972. The van der Waals surface area contributed by atoms with E-state index in [0.29, 0.717) is 11.5 Å². The SMILES string of the molecule is CC(=O)NSC(CSCCS)C(=O)NCC(O)CO. The van der Waals surface area contributed by atoms with Crippen LogP contribution in [0.25, 0.3) is 0 Å². The molecule has 6 nitrogen and oxygen atoms in total. The molecule has 0 aliphatic carbocycles. The first-order valence-electron chi connectivity index (χ1n) is 5.68. The maximum absolute atomic E-state index is 11.9. The van der Waals surface area contributed by atoms with Gasteiger partial charge in [0.1, 0.15) is 5.25 Å². The molecule has 0 heterocycles. The van der Waals surface area contributed by atoms with Crippen LogP contribution in [0.5, 0.6) is 0 Å². The molecule has 0 radical (unpaired) electrons. The van der Waals surface area contributed by atoms with Gasteiger partial charge in [-0.05, 0) is 17.7 Å². The van der Waals surface area contributed by atoms with Crippen LogP contribution < -0.4 is 10.0 Å². The van der Waals surface area contributed by atoms with E-state index in [4.69, 9.17) is 10.2 Å². The van der Waals surface area contributed by atoms with Crippen LogP contribution in [0.15, 0.2) is 0 Å². The zero-order valence-electron chi connectivity index (χ0n) is 10.7. The Labute approximate surface area is 127 Å². The van der Waals surface area contributed by atoms with Gasteiger partial charge in [0.25, 0.3) is 0 Å². The summed E-state index contributed by atoms with van der Waals surface area (Å²) in [4.78, 5) is 22.7. The van der Waals surface area contributed by atoms with Crippen molar-refractivity contribution in [3.63, 3.8) is 0 Å². The summed E-state index contributed by atoms with van der Waals surface area (Å²) in [5, 5.41) is 19.9. The van der Waals surface area contributed by atoms with E-state index in [2.05, 4.69) is 22.7 Å². The molecule has 112 valence electrons. The van der Waals surface area contributed by atoms with Crippen molar-refractivity contribution in [3.05, 3.63) is 0 Å². The quantitative estimate of drug-likeness (QED) is 0.206. The van der Waals surface area contributed by atoms with Gasteiger partial charge in [-0.25, -0.2) is 0 Å². The normalized spacial score (nSPS) is 13.7. The highest BCUT2D eigenvalue weighted by atomic mass is 32.2. The van der Waals surface area contributed by atoms with Gasteiger partial charge in [-0.3, -0.25) is 14.3 Å². The van der Waals surface area contributed by atoms with Crippen LogP contribution in [-0.4, -0.2) is 63.8 Å². The van der Waals surface area contributed by atoms with Crippen LogP contribution in [0.3, 0.4) is 0 Å². The van der Waals surface area contributed by atoms with Crippen LogP contribution in [0.2, 0.25) is 0 Å². The fraction of sp³-hybridized carbons (Fsp3) is 0.800. The molecule has 0 fully saturated rings. The number of hydrogen-bond donors (Lipinski definition) is 5. The average molecular weight is 328 g/mol. The number of aliphatic hydroxyl groups excluding tert-OH is 2. The molecular formula is C10H20N2O4S3. The van der Waals surface area contributed by atoms with Crippen molar-refractivity contribution >= 4 is 48.2 Å². The molecule has 2 amide bonds. The first-order valence-corrected chi connectivity index (χ1v) is 8.35. The van der Waals surface area contributed by atoms with Gasteiger partial charge in [0.15, 0.2) is 0 Å². The summed E-state index contributed by atoms with van der Waals surface area (Å²) in [5.74, 6) is 1.56. The minimum absolute atomic E-state index is 0.0102. The fourth-order valence-electron chi connectivity index (χ4n) is 0.969. The number of thiol groups is 1. The lowest BCUT2D eigenvalue weighted by Gasteiger charge is -2.17. The molecule has 0 aromatic heterocycles. The number of carbonyl (C=O) groups excluding carboxylic acids is 2. The topological polar surface area (TPSA) is 98.7 Å². The summed E-state index contributed by atoms with van der Waals surface area (Å²) < 4.78 is 2.53.